The van der Waals surface area contributed by atoms with Crippen molar-refractivity contribution in [1.82, 2.24) is 4.73 Å². The summed E-state index contributed by atoms with van der Waals surface area (Å²) in [6.45, 7) is 0. The second kappa shape index (κ2) is 2.99. The second-order valence-electron chi connectivity index (χ2n) is 2.92. The Morgan fingerprint density at radius 3 is 2.14 bits per heavy atom. The van der Waals surface area contributed by atoms with E-state index in [1.54, 1.807) is 24.3 Å². The number of rotatable bonds is 1. The summed E-state index contributed by atoms with van der Waals surface area (Å²) >= 11 is 0. The fourth-order valence-electron chi connectivity index (χ4n) is 1.31. The molecular weight excluding hydrogens is 182 g/mol. The van der Waals surface area contributed by atoms with Crippen LogP contribution < -0.4 is 0 Å². The normalized spacial score (nSPS) is 10.3. The molecule has 1 aromatic carbocycles. The minimum Gasteiger partial charge on any atom is -0.492 e. The third-order valence-corrected chi connectivity index (χ3v) is 2.02. The highest BCUT2D eigenvalue weighted by atomic mass is 16.5. The lowest BCUT2D eigenvalue weighted by molar-refractivity contribution is 0.131. The lowest BCUT2D eigenvalue weighted by Gasteiger charge is -1.98. The molecule has 0 aliphatic rings. The Morgan fingerprint density at radius 1 is 1.00 bits per heavy atom. The van der Waals surface area contributed by atoms with Crippen LogP contribution in [0, 0.1) is 0 Å². The Kier molecular flexibility index (Phi) is 1.81. The van der Waals surface area contributed by atoms with Gasteiger partial charge in [0.05, 0.1) is 5.56 Å². The van der Waals surface area contributed by atoms with Gasteiger partial charge in [0.2, 0.25) is 11.8 Å². The van der Waals surface area contributed by atoms with Crippen molar-refractivity contribution in [3.8, 4) is 22.9 Å². The monoisotopic (exact) mass is 191 g/mol. The SMILES string of the molecule is Oc1cc(-c2ccccc2)c(O)n1O. The van der Waals surface area contributed by atoms with Crippen molar-refractivity contribution < 1.29 is 15.4 Å². The molecule has 0 radical (unpaired) electrons. The number of benzene rings is 1. The molecule has 0 unspecified atom stereocenters. The highest BCUT2D eigenvalue weighted by molar-refractivity contribution is 5.70. The molecule has 4 heteroatoms. The van der Waals surface area contributed by atoms with Crippen molar-refractivity contribution in [2.75, 3.05) is 0 Å². The molecule has 0 fully saturated rings. The summed E-state index contributed by atoms with van der Waals surface area (Å²) < 4.78 is 0.336. The number of aromatic nitrogens is 1. The minimum absolute atomic E-state index is 0.336. The summed E-state index contributed by atoms with van der Waals surface area (Å²) in [6.07, 6.45) is 0. The zero-order valence-electron chi connectivity index (χ0n) is 7.25. The first-order valence-corrected chi connectivity index (χ1v) is 4.08. The number of aromatic hydroxyl groups is 2. The van der Waals surface area contributed by atoms with Crippen molar-refractivity contribution in [1.29, 1.82) is 0 Å². The molecule has 0 saturated heterocycles. The second-order valence-corrected chi connectivity index (χ2v) is 2.92. The summed E-state index contributed by atoms with van der Waals surface area (Å²) in [4.78, 5) is 0. The van der Waals surface area contributed by atoms with Crippen LogP contribution in [-0.2, 0) is 0 Å². The van der Waals surface area contributed by atoms with Crippen molar-refractivity contribution >= 4 is 0 Å². The first kappa shape index (κ1) is 8.50. The molecule has 72 valence electrons. The molecule has 0 amide bonds. The van der Waals surface area contributed by atoms with Crippen LogP contribution in [0.2, 0.25) is 0 Å². The van der Waals surface area contributed by atoms with Crippen LogP contribution in [-0.4, -0.2) is 20.2 Å². The Labute approximate surface area is 80.2 Å². The van der Waals surface area contributed by atoms with Crippen molar-refractivity contribution in [3.05, 3.63) is 36.4 Å². The molecule has 14 heavy (non-hydrogen) atoms. The lowest BCUT2D eigenvalue weighted by Crippen LogP contribution is -1.86. The Hall–Kier alpha value is -2.10. The van der Waals surface area contributed by atoms with Gasteiger partial charge in [0.1, 0.15) is 0 Å². The quantitative estimate of drug-likeness (QED) is 0.602. The Balaban J connectivity index is 2.58. The molecule has 0 bridgehead atoms. The predicted octanol–water partition coefficient (Wildman–Crippen LogP) is 1.80. The number of hydrogen-bond acceptors (Lipinski definition) is 3. The van der Waals surface area contributed by atoms with E-state index in [0.717, 1.165) is 5.56 Å². The van der Waals surface area contributed by atoms with E-state index in [4.69, 9.17) is 10.3 Å². The van der Waals surface area contributed by atoms with Gasteiger partial charge in [-0.1, -0.05) is 30.3 Å². The topological polar surface area (TPSA) is 65.6 Å². The van der Waals surface area contributed by atoms with Gasteiger partial charge in [0.15, 0.2) is 0 Å². The van der Waals surface area contributed by atoms with E-state index in [1.165, 1.54) is 6.07 Å². The van der Waals surface area contributed by atoms with Crippen LogP contribution in [0.4, 0.5) is 0 Å². The summed E-state index contributed by atoms with van der Waals surface area (Å²) in [6, 6.07) is 10.3. The maximum Gasteiger partial charge on any atom is 0.237 e. The molecule has 0 saturated carbocycles. The number of nitrogens with zero attached hydrogens (tertiary/aromatic N) is 1. The fraction of sp³-hybridized carbons (Fsp3) is 0. The first-order valence-electron chi connectivity index (χ1n) is 4.08. The van der Waals surface area contributed by atoms with E-state index in [0.29, 0.717) is 10.3 Å². The Morgan fingerprint density at radius 2 is 1.64 bits per heavy atom. The van der Waals surface area contributed by atoms with Gasteiger partial charge >= 0.3 is 0 Å². The zero-order chi connectivity index (χ0) is 10.1. The standard InChI is InChI=1S/C10H9NO3/c12-9-6-8(10(13)11(9)14)7-4-2-1-3-5-7/h1-6,12-14H. The third-order valence-electron chi connectivity index (χ3n) is 2.02. The minimum atomic E-state index is -0.388. The maximum absolute atomic E-state index is 9.42. The Bertz CT molecular complexity index is 448. The van der Waals surface area contributed by atoms with Gasteiger partial charge in [-0.05, 0) is 5.56 Å². The maximum atomic E-state index is 9.42. The molecular formula is C10H9NO3. The number of hydrogen-bond donors (Lipinski definition) is 3. The molecule has 1 heterocycles. The van der Waals surface area contributed by atoms with Gasteiger partial charge in [-0.3, -0.25) is 0 Å². The van der Waals surface area contributed by atoms with Gasteiger partial charge in [-0.15, -0.1) is 4.73 Å². The summed E-state index contributed by atoms with van der Waals surface area (Å²) in [5, 5.41) is 27.7. The van der Waals surface area contributed by atoms with Crippen LogP contribution in [0.5, 0.6) is 11.8 Å². The van der Waals surface area contributed by atoms with Gasteiger partial charge in [-0.25, -0.2) is 0 Å². The predicted molar refractivity (Wildman–Crippen MR) is 50.4 cm³/mol. The molecule has 1 aromatic heterocycles. The van der Waals surface area contributed by atoms with Crippen LogP contribution in [0.3, 0.4) is 0 Å². The summed E-state index contributed by atoms with van der Waals surface area (Å²) in [5.74, 6) is -0.755. The van der Waals surface area contributed by atoms with Crippen LogP contribution in [0.1, 0.15) is 0 Å². The lowest BCUT2D eigenvalue weighted by atomic mass is 10.1. The highest BCUT2D eigenvalue weighted by Gasteiger charge is 2.13. The van der Waals surface area contributed by atoms with Gasteiger partial charge in [0.25, 0.3) is 0 Å². The zero-order valence-corrected chi connectivity index (χ0v) is 7.25. The molecule has 0 aliphatic carbocycles. The van der Waals surface area contributed by atoms with E-state index in [2.05, 4.69) is 0 Å². The summed E-state index contributed by atoms with van der Waals surface area (Å²) in [7, 11) is 0. The van der Waals surface area contributed by atoms with Gasteiger partial charge in [0, 0.05) is 6.07 Å². The first-order chi connectivity index (χ1) is 6.70. The smallest absolute Gasteiger partial charge is 0.237 e. The molecule has 3 N–H and O–H groups in total. The van der Waals surface area contributed by atoms with Crippen LogP contribution >= 0.6 is 0 Å². The molecule has 2 aromatic rings. The van der Waals surface area contributed by atoms with Crippen LogP contribution in [0.25, 0.3) is 11.1 Å². The van der Waals surface area contributed by atoms with Gasteiger partial charge < -0.3 is 15.4 Å². The largest absolute Gasteiger partial charge is 0.492 e. The van der Waals surface area contributed by atoms with Crippen molar-refractivity contribution in [2.24, 2.45) is 0 Å². The molecule has 4 nitrogen and oxygen atoms in total. The average molecular weight is 191 g/mol. The molecule has 2 rings (SSSR count). The third kappa shape index (κ3) is 1.17. The summed E-state index contributed by atoms with van der Waals surface area (Å²) in [5.41, 5.74) is 1.12. The van der Waals surface area contributed by atoms with E-state index >= 15 is 0 Å². The van der Waals surface area contributed by atoms with E-state index in [1.807, 2.05) is 6.07 Å². The highest BCUT2D eigenvalue weighted by Crippen LogP contribution is 2.34. The van der Waals surface area contributed by atoms with E-state index in [-0.39, 0.29) is 11.8 Å². The van der Waals surface area contributed by atoms with E-state index < -0.39 is 0 Å². The van der Waals surface area contributed by atoms with E-state index in [9.17, 15) is 5.11 Å². The van der Waals surface area contributed by atoms with Gasteiger partial charge in [-0.2, -0.15) is 0 Å². The molecule has 0 spiro atoms. The molecule has 0 atom stereocenters. The average Bonchev–Trinajstić information content (AvgIpc) is 2.47. The molecule has 0 aliphatic heterocycles. The van der Waals surface area contributed by atoms with Crippen molar-refractivity contribution in [3.63, 3.8) is 0 Å². The van der Waals surface area contributed by atoms with Crippen LogP contribution in [0.15, 0.2) is 36.4 Å². The van der Waals surface area contributed by atoms with Crippen molar-refractivity contribution in [2.45, 2.75) is 0 Å². The fourth-order valence-corrected chi connectivity index (χ4v) is 1.31.